The minimum Gasteiger partial charge on any atom is -0.486 e. The summed E-state index contributed by atoms with van der Waals surface area (Å²) in [6.45, 7) is 3.47. The van der Waals surface area contributed by atoms with Crippen molar-refractivity contribution in [2.24, 2.45) is 0 Å². The number of furan rings is 1. The Hall–Kier alpha value is -3.25. The van der Waals surface area contributed by atoms with E-state index in [0.717, 1.165) is 42.2 Å². The molecule has 3 heterocycles. The normalized spacial score (nSPS) is 17.9. The topological polar surface area (TPSA) is 55.2 Å². The van der Waals surface area contributed by atoms with E-state index in [1.54, 1.807) is 6.26 Å². The van der Waals surface area contributed by atoms with E-state index in [1.165, 1.54) is 5.56 Å². The quantitative estimate of drug-likeness (QED) is 0.553. The lowest BCUT2D eigenvalue weighted by Gasteiger charge is -2.29. The van der Waals surface area contributed by atoms with Crippen LogP contribution in [0.3, 0.4) is 0 Å². The molecular weight excluding hydrogens is 404 g/mol. The Labute approximate surface area is 188 Å². The second-order valence-corrected chi connectivity index (χ2v) is 8.35. The van der Waals surface area contributed by atoms with E-state index in [0.29, 0.717) is 32.8 Å². The van der Waals surface area contributed by atoms with E-state index in [2.05, 4.69) is 29.2 Å². The summed E-state index contributed by atoms with van der Waals surface area (Å²) < 4.78 is 17.0. The molecule has 1 atom stereocenters. The number of carbonyl (C=O) groups excluding carboxylic acids is 1. The molecule has 6 nitrogen and oxygen atoms in total. The molecule has 1 saturated heterocycles. The highest BCUT2D eigenvalue weighted by molar-refractivity contribution is 5.78. The number of hydrogen-bond acceptors (Lipinski definition) is 5. The average molecular weight is 433 g/mol. The molecule has 1 unspecified atom stereocenters. The Balaban J connectivity index is 1.31. The van der Waals surface area contributed by atoms with E-state index in [4.69, 9.17) is 13.9 Å². The Morgan fingerprint density at radius 2 is 1.81 bits per heavy atom. The Morgan fingerprint density at radius 1 is 0.969 bits per heavy atom. The van der Waals surface area contributed by atoms with Crippen LogP contribution in [0.15, 0.2) is 71.3 Å². The number of carbonyl (C=O) groups is 1. The van der Waals surface area contributed by atoms with Crippen LogP contribution in [0.4, 0.5) is 0 Å². The van der Waals surface area contributed by atoms with Crippen molar-refractivity contribution in [3.8, 4) is 11.5 Å². The van der Waals surface area contributed by atoms with Gasteiger partial charge >= 0.3 is 0 Å². The minimum absolute atomic E-state index is 0.106. The van der Waals surface area contributed by atoms with E-state index >= 15 is 0 Å². The largest absolute Gasteiger partial charge is 0.486 e. The summed E-state index contributed by atoms with van der Waals surface area (Å²) >= 11 is 0. The Kier molecular flexibility index (Phi) is 6.12. The zero-order valence-electron chi connectivity index (χ0n) is 18.1. The van der Waals surface area contributed by atoms with Crippen LogP contribution in [0.5, 0.6) is 11.5 Å². The first kappa shape index (κ1) is 20.6. The fourth-order valence-electron chi connectivity index (χ4n) is 4.56. The molecule has 6 heteroatoms. The molecule has 0 aliphatic carbocycles. The summed E-state index contributed by atoms with van der Waals surface area (Å²) in [5, 5.41) is 0. The SMILES string of the molecule is O=C(CN1CCCC1c1ccc2c(c1)OCCO2)N(Cc1ccccc1)Cc1ccco1. The van der Waals surface area contributed by atoms with Gasteiger partial charge in [-0.15, -0.1) is 0 Å². The zero-order chi connectivity index (χ0) is 21.8. The summed E-state index contributed by atoms with van der Waals surface area (Å²) in [5.41, 5.74) is 2.29. The molecule has 3 aromatic rings. The van der Waals surface area contributed by atoms with Crippen LogP contribution >= 0.6 is 0 Å². The van der Waals surface area contributed by atoms with Gasteiger partial charge in [0.25, 0.3) is 0 Å². The summed E-state index contributed by atoms with van der Waals surface area (Å²) in [5.74, 6) is 2.50. The van der Waals surface area contributed by atoms with E-state index in [1.807, 2.05) is 41.3 Å². The molecule has 0 radical (unpaired) electrons. The predicted molar refractivity (Wildman–Crippen MR) is 120 cm³/mol. The van der Waals surface area contributed by atoms with Crippen LogP contribution in [-0.2, 0) is 17.9 Å². The summed E-state index contributed by atoms with van der Waals surface area (Å²) in [4.78, 5) is 17.6. The summed E-state index contributed by atoms with van der Waals surface area (Å²) in [6, 6.07) is 20.2. The van der Waals surface area contributed by atoms with Crippen LogP contribution in [0, 0.1) is 0 Å². The first-order valence-electron chi connectivity index (χ1n) is 11.2. The van der Waals surface area contributed by atoms with Crippen molar-refractivity contribution >= 4 is 5.91 Å². The molecule has 1 fully saturated rings. The lowest BCUT2D eigenvalue weighted by Crippen LogP contribution is -2.39. The van der Waals surface area contributed by atoms with Gasteiger partial charge < -0.3 is 18.8 Å². The number of amides is 1. The van der Waals surface area contributed by atoms with Crippen molar-refractivity contribution in [2.45, 2.75) is 32.0 Å². The third kappa shape index (κ3) is 4.65. The summed E-state index contributed by atoms with van der Waals surface area (Å²) in [6.07, 6.45) is 3.76. The number of hydrogen-bond donors (Lipinski definition) is 0. The molecule has 166 valence electrons. The number of likely N-dealkylation sites (tertiary alicyclic amines) is 1. The van der Waals surface area contributed by atoms with Crippen LogP contribution in [0.1, 0.15) is 35.8 Å². The average Bonchev–Trinajstić information content (AvgIpc) is 3.51. The van der Waals surface area contributed by atoms with Crippen molar-refractivity contribution in [3.63, 3.8) is 0 Å². The van der Waals surface area contributed by atoms with Gasteiger partial charge in [-0.1, -0.05) is 36.4 Å². The third-order valence-electron chi connectivity index (χ3n) is 6.15. The third-order valence-corrected chi connectivity index (χ3v) is 6.15. The number of fused-ring (bicyclic) bond motifs is 1. The van der Waals surface area contributed by atoms with Gasteiger partial charge in [-0.25, -0.2) is 0 Å². The second kappa shape index (κ2) is 9.49. The van der Waals surface area contributed by atoms with Gasteiger partial charge in [0.1, 0.15) is 19.0 Å². The van der Waals surface area contributed by atoms with Crippen LogP contribution in [0.25, 0.3) is 0 Å². The van der Waals surface area contributed by atoms with Gasteiger partial charge in [0, 0.05) is 12.6 Å². The van der Waals surface area contributed by atoms with E-state index < -0.39 is 0 Å². The van der Waals surface area contributed by atoms with Crippen molar-refractivity contribution in [2.75, 3.05) is 26.3 Å². The van der Waals surface area contributed by atoms with Crippen molar-refractivity contribution < 1.29 is 18.7 Å². The zero-order valence-corrected chi connectivity index (χ0v) is 18.1. The standard InChI is InChI=1S/C26H28N2O4/c29-26(28(18-22-8-5-13-30-22)17-20-6-2-1-3-7-20)19-27-12-4-9-23(27)21-10-11-24-25(16-21)32-15-14-31-24/h1-3,5-8,10-11,13,16,23H,4,9,12,14-15,17-19H2. The highest BCUT2D eigenvalue weighted by atomic mass is 16.6. The van der Waals surface area contributed by atoms with Crippen molar-refractivity contribution in [1.82, 2.24) is 9.80 Å². The molecule has 2 aliphatic heterocycles. The minimum atomic E-state index is 0.106. The van der Waals surface area contributed by atoms with Crippen molar-refractivity contribution in [3.05, 3.63) is 83.8 Å². The van der Waals surface area contributed by atoms with E-state index in [9.17, 15) is 4.79 Å². The molecule has 2 aromatic carbocycles. The number of ether oxygens (including phenoxy) is 2. The van der Waals surface area contributed by atoms with Gasteiger partial charge in [-0.2, -0.15) is 0 Å². The molecule has 0 N–H and O–H groups in total. The molecule has 1 amide bonds. The smallest absolute Gasteiger partial charge is 0.237 e. The molecule has 0 saturated carbocycles. The van der Waals surface area contributed by atoms with Gasteiger partial charge in [-0.05, 0) is 54.8 Å². The lowest BCUT2D eigenvalue weighted by molar-refractivity contribution is -0.134. The maximum absolute atomic E-state index is 13.4. The number of nitrogens with zero attached hydrogens (tertiary/aromatic N) is 2. The second-order valence-electron chi connectivity index (χ2n) is 8.35. The highest BCUT2D eigenvalue weighted by Gasteiger charge is 2.30. The maximum atomic E-state index is 13.4. The molecule has 0 spiro atoms. The molecule has 0 bridgehead atoms. The molecule has 32 heavy (non-hydrogen) atoms. The maximum Gasteiger partial charge on any atom is 0.237 e. The highest BCUT2D eigenvalue weighted by Crippen LogP contribution is 2.38. The van der Waals surface area contributed by atoms with Gasteiger partial charge in [0.05, 0.1) is 19.4 Å². The fraction of sp³-hybridized carbons (Fsp3) is 0.346. The predicted octanol–water partition coefficient (Wildman–Crippen LogP) is 4.42. The number of benzene rings is 2. The molecule has 5 rings (SSSR count). The monoisotopic (exact) mass is 432 g/mol. The molecule has 2 aliphatic rings. The van der Waals surface area contributed by atoms with Gasteiger partial charge in [-0.3, -0.25) is 9.69 Å². The van der Waals surface area contributed by atoms with E-state index in [-0.39, 0.29) is 11.9 Å². The lowest BCUT2D eigenvalue weighted by atomic mass is 10.0. The molecule has 1 aromatic heterocycles. The van der Waals surface area contributed by atoms with Crippen LogP contribution in [0.2, 0.25) is 0 Å². The Bertz CT molecular complexity index is 1040. The van der Waals surface area contributed by atoms with Crippen molar-refractivity contribution in [1.29, 1.82) is 0 Å². The molecular formula is C26H28N2O4. The van der Waals surface area contributed by atoms with Gasteiger partial charge in [0.2, 0.25) is 5.91 Å². The Morgan fingerprint density at radius 3 is 2.62 bits per heavy atom. The fourth-order valence-corrected chi connectivity index (χ4v) is 4.56. The summed E-state index contributed by atoms with van der Waals surface area (Å²) in [7, 11) is 0. The first-order chi connectivity index (χ1) is 15.8. The number of rotatable bonds is 7. The van der Waals surface area contributed by atoms with Gasteiger partial charge in [0.15, 0.2) is 11.5 Å². The first-order valence-corrected chi connectivity index (χ1v) is 11.2. The van der Waals surface area contributed by atoms with Crippen LogP contribution < -0.4 is 9.47 Å². The van der Waals surface area contributed by atoms with Crippen LogP contribution in [-0.4, -0.2) is 42.0 Å².